The SMILES string of the molecule is CNC(=O)c1cc(N2CCSCC2C(=O)O)ccn1. The Morgan fingerprint density at radius 2 is 2.37 bits per heavy atom. The molecule has 0 aliphatic carbocycles. The molecule has 7 heteroatoms. The van der Waals surface area contributed by atoms with E-state index >= 15 is 0 Å². The van der Waals surface area contributed by atoms with Crippen LogP contribution in [0.4, 0.5) is 5.69 Å². The summed E-state index contributed by atoms with van der Waals surface area (Å²) in [5.41, 5.74) is 1.02. The van der Waals surface area contributed by atoms with Gasteiger partial charge < -0.3 is 15.3 Å². The van der Waals surface area contributed by atoms with Gasteiger partial charge >= 0.3 is 5.97 Å². The van der Waals surface area contributed by atoms with Crippen LogP contribution in [-0.2, 0) is 4.79 Å². The molecular weight excluding hydrogens is 266 g/mol. The smallest absolute Gasteiger partial charge is 0.327 e. The topological polar surface area (TPSA) is 82.5 Å². The van der Waals surface area contributed by atoms with Crippen molar-refractivity contribution in [2.45, 2.75) is 6.04 Å². The Bertz CT molecular complexity index is 495. The predicted octanol–water partition coefficient (Wildman–Crippen LogP) is 0.448. The first-order valence-electron chi connectivity index (χ1n) is 5.89. The Labute approximate surface area is 115 Å². The van der Waals surface area contributed by atoms with Gasteiger partial charge in [-0.25, -0.2) is 4.79 Å². The molecule has 0 aromatic carbocycles. The average Bonchev–Trinajstić information content (AvgIpc) is 2.46. The highest BCUT2D eigenvalue weighted by Gasteiger charge is 2.29. The van der Waals surface area contributed by atoms with Crippen molar-refractivity contribution < 1.29 is 14.7 Å². The van der Waals surface area contributed by atoms with E-state index in [9.17, 15) is 14.7 Å². The first kappa shape index (κ1) is 13.7. The fraction of sp³-hybridized carbons (Fsp3) is 0.417. The van der Waals surface area contributed by atoms with E-state index in [1.165, 1.54) is 13.2 Å². The van der Waals surface area contributed by atoms with Crippen molar-refractivity contribution in [3.8, 4) is 0 Å². The summed E-state index contributed by atoms with van der Waals surface area (Å²) in [4.78, 5) is 28.6. The lowest BCUT2D eigenvalue weighted by Crippen LogP contribution is -2.47. The molecule has 1 unspecified atom stereocenters. The normalized spacial score (nSPS) is 19.0. The molecule has 19 heavy (non-hydrogen) atoms. The van der Waals surface area contributed by atoms with Gasteiger partial charge in [0.1, 0.15) is 11.7 Å². The third kappa shape index (κ3) is 2.98. The van der Waals surface area contributed by atoms with Crippen LogP contribution in [0.5, 0.6) is 0 Å². The van der Waals surface area contributed by atoms with Crippen molar-refractivity contribution in [2.24, 2.45) is 0 Å². The lowest BCUT2D eigenvalue weighted by Gasteiger charge is -2.34. The largest absolute Gasteiger partial charge is 0.480 e. The fourth-order valence-corrected chi connectivity index (χ4v) is 3.01. The number of hydrogen-bond acceptors (Lipinski definition) is 5. The molecule has 2 heterocycles. The summed E-state index contributed by atoms with van der Waals surface area (Å²) in [7, 11) is 1.54. The Morgan fingerprint density at radius 3 is 3.05 bits per heavy atom. The van der Waals surface area contributed by atoms with Crippen LogP contribution in [0.3, 0.4) is 0 Å². The minimum absolute atomic E-state index is 0.278. The van der Waals surface area contributed by atoms with E-state index in [0.29, 0.717) is 18.0 Å². The van der Waals surface area contributed by atoms with Gasteiger partial charge in [-0.05, 0) is 12.1 Å². The van der Waals surface area contributed by atoms with Gasteiger partial charge in [0.25, 0.3) is 5.91 Å². The minimum Gasteiger partial charge on any atom is -0.480 e. The molecule has 0 radical (unpaired) electrons. The summed E-state index contributed by atoms with van der Waals surface area (Å²) in [6, 6.07) is 2.81. The van der Waals surface area contributed by atoms with Gasteiger partial charge in [0.15, 0.2) is 0 Å². The molecule has 1 saturated heterocycles. The molecule has 6 nitrogen and oxygen atoms in total. The molecule has 1 amide bonds. The van der Waals surface area contributed by atoms with Crippen LogP contribution < -0.4 is 10.2 Å². The molecule has 0 spiro atoms. The van der Waals surface area contributed by atoms with E-state index in [1.807, 2.05) is 4.90 Å². The number of aliphatic carboxylic acids is 1. The molecule has 2 N–H and O–H groups in total. The van der Waals surface area contributed by atoms with Crippen molar-refractivity contribution in [1.82, 2.24) is 10.3 Å². The van der Waals surface area contributed by atoms with E-state index in [-0.39, 0.29) is 5.91 Å². The molecule has 0 saturated carbocycles. The number of hydrogen-bond donors (Lipinski definition) is 2. The van der Waals surface area contributed by atoms with Gasteiger partial charge in [-0.1, -0.05) is 0 Å². The maximum absolute atomic E-state index is 11.6. The quantitative estimate of drug-likeness (QED) is 0.837. The Kier molecular flexibility index (Phi) is 4.26. The summed E-state index contributed by atoms with van der Waals surface area (Å²) >= 11 is 1.63. The first-order chi connectivity index (χ1) is 9.13. The number of carbonyl (C=O) groups is 2. The monoisotopic (exact) mass is 281 g/mol. The number of anilines is 1. The Hall–Kier alpha value is -1.76. The maximum Gasteiger partial charge on any atom is 0.327 e. The fourth-order valence-electron chi connectivity index (χ4n) is 1.97. The van der Waals surface area contributed by atoms with Crippen LogP contribution in [0.2, 0.25) is 0 Å². The summed E-state index contributed by atoms with van der Waals surface area (Å²) in [6.45, 7) is 0.652. The molecule has 0 bridgehead atoms. The van der Waals surface area contributed by atoms with Gasteiger partial charge in [0.05, 0.1) is 0 Å². The number of carboxylic acids is 1. The zero-order valence-electron chi connectivity index (χ0n) is 10.5. The molecule has 2 rings (SSSR count). The predicted molar refractivity (Wildman–Crippen MR) is 73.7 cm³/mol. The molecule has 1 fully saturated rings. The molecule has 1 aliphatic rings. The highest BCUT2D eigenvalue weighted by Crippen LogP contribution is 2.24. The van der Waals surface area contributed by atoms with Gasteiger partial charge in [-0.2, -0.15) is 11.8 Å². The summed E-state index contributed by atoms with van der Waals surface area (Å²) < 4.78 is 0. The second-order valence-corrected chi connectivity index (χ2v) is 5.25. The number of pyridine rings is 1. The van der Waals surface area contributed by atoms with Crippen molar-refractivity contribution >= 4 is 29.3 Å². The standard InChI is InChI=1S/C12H15N3O3S/c1-13-11(16)9-6-8(2-3-14-9)15-4-5-19-7-10(15)12(17)18/h2-3,6,10H,4-5,7H2,1H3,(H,13,16)(H,17,18). The van der Waals surface area contributed by atoms with Crippen LogP contribution in [0, 0.1) is 0 Å². The lowest BCUT2D eigenvalue weighted by molar-refractivity contribution is -0.138. The van der Waals surface area contributed by atoms with Crippen LogP contribution in [-0.4, -0.2) is 53.1 Å². The van der Waals surface area contributed by atoms with Gasteiger partial charge in [-0.15, -0.1) is 0 Å². The van der Waals surface area contributed by atoms with Crippen molar-refractivity contribution in [2.75, 3.05) is 30.0 Å². The van der Waals surface area contributed by atoms with Gasteiger partial charge in [0, 0.05) is 37.0 Å². The van der Waals surface area contributed by atoms with Gasteiger partial charge in [-0.3, -0.25) is 9.78 Å². The number of nitrogens with one attached hydrogen (secondary N) is 1. The van der Waals surface area contributed by atoms with E-state index < -0.39 is 12.0 Å². The third-order valence-electron chi connectivity index (χ3n) is 2.95. The summed E-state index contributed by atoms with van der Waals surface area (Å²) in [6.07, 6.45) is 1.53. The van der Waals surface area contributed by atoms with E-state index in [0.717, 1.165) is 11.4 Å². The number of nitrogens with zero attached hydrogens (tertiary/aromatic N) is 2. The van der Waals surface area contributed by atoms with Crippen molar-refractivity contribution in [3.05, 3.63) is 24.0 Å². The maximum atomic E-state index is 11.6. The van der Waals surface area contributed by atoms with Crippen LogP contribution in [0.1, 0.15) is 10.5 Å². The number of aromatic nitrogens is 1. The molecule has 1 aromatic rings. The van der Waals surface area contributed by atoms with E-state index in [4.69, 9.17) is 0 Å². The second-order valence-electron chi connectivity index (χ2n) is 4.10. The molecule has 1 aromatic heterocycles. The summed E-state index contributed by atoms with van der Waals surface area (Å²) in [5, 5.41) is 11.7. The molecule has 1 aliphatic heterocycles. The van der Waals surface area contributed by atoms with Crippen molar-refractivity contribution in [3.63, 3.8) is 0 Å². The van der Waals surface area contributed by atoms with E-state index in [1.54, 1.807) is 23.9 Å². The van der Waals surface area contributed by atoms with Crippen LogP contribution in [0.15, 0.2) is 18.3 Å². The second kappa shape index (κ2) is 5.92. The zero-order chi connectivity index (χ0) is 13.8. The number of amides is 1. The first-order valence-corrected chi connectivity index (χ1v) is 7.04. The van der Waals surface area contributed by atoms with Crippen LogP contribution in [0.25, 0.3) is 0 Å². The molecule has 1 atom stereocenters. The van der Waals surface area contributed by atoms with E-state index in [2.05, 4.69) is 10.3 Å². The summed E-state index contributed by atoms with van der Waals surface area (Å²) in [5.74, 6) is 0.305. The van der Waals surface area contributed by atoms with Crippen LogP contribution >= 0.6 is 11.8 Å². The molecular formula is C12H15N3O3S. The Balaban J connectivity index is 2.29. The number of carboxylic acid groups (broad SMARTS) is 1. The number of rotatable bonds is 3. The number of carbonyl (C=O) groups excluding carboxylic acids is 1. The molecule has 102 valence electrons. The third-order valence-corrected chi connectivity index (χ3v) is 3.97. The minimum atomic E-state index is -0.842. The highest BCUT2D eigenvalue weighted by molar-refractivity contribution is 7.99. The van der Waals surface area contributed by atoms with Crippen molar-refractivity contribution in [1.29, 1.82) is 0 Å². The van der Waals surface area contributed by atoms with Gasteiger partial charge in [0.2, 0.25) is 0 Å². The zero-order valence-corrected chi connectivity index (χ0v) is 11.3. The number of thioether (sulfide) groups is 1. The highest BCUT2D eigenvalue weighted by atomic mass is 32.2. The average molecular weight is 281 g/mol. The Morgan fingerprint density at radius 1 is 1.58 bits per heavy atom. The lowest BCUT2D eigenvalue weighted by atomic mass is 10.2.